The number of rotatable bonds is 8. The number of nitrogens with one attached hydrogen (secondary N) is 2. The molecular formula is C26H32F2N6O. The lowest BCUT2D eigenvalue weighted by Gasteiger charge is -2.12. The molecule has 0 spiro atoms. The number of benzene rings is 2. The molecule has 0 saturated carbocycles. The van der Waals surface area contributed by atoms with Crippen molar-refractivity contribution in [2.24, 2.45) is 27.4 Å². The fourth-order valence-corrected chi connectivity index (χ4v) is 2.95. The van der Waals surface area contributed by atoms with Gasteiger partial charge in [-0.05, 0) is 50.2 Å². The first-order valence-corrected chi connectivity index (χ1v) is 11.3. The van der Waals surface area contributed by atoms with Crippen molar-refractivity contribution in [3.63, 3.8) is 0 Å². The zero-order valence-electron chi connectivity index (χ0n) is 20.6. The molecule has 0 fully saturated rings. The molecule has 0 aliphatic carbocycles. The van der Waals surface area contributed by atoms with Crippen LogP contribution in [0.4, 0.5) is 25.0 Å². The fraction of sp³-hybridized carbons (Fsp3) is 0.269. The van der Waals surface area contributed by atoms with Gasteiger partial charge < -0.3 is 22.1 Å². The number of hydrogen-bond acceptors (Lipinski definition) is 3. The summed E-state index contributed by atoms with van der Waals surface area (Å²) < 4.78 is 28.9. The van der Waals surface area contributed by atoms with Gasteiger partial charge in [-0.15, -0.1) is 0 Å². The van der Waals surface area contributed by atoms with E-state index in [0.717, 1.165) is 0 Å². The average molecular weight is 483 g/mol. The first kappa shape index (κ1) is 27.2. The number of halogens is 2. The third kappa shape index (κ3) is 7.49. The Morgan fingerprint density at radius 3 is 1.77 bits per heavy atom. The number of urea groups is 1. The second-order valence-corrected chi connectivity index (χ2v) is 7.96. The minimum absolute atomic E-state index is 0.00660. The van der Waals surface area contributed by atoms with Gasteiger partial charge in [0.15, 0.2) is 0 Å². The van der Waals surface area contributed by atoms with Crippen molar-refractivity contribution < 1.29 is 13.6 Å². The lowest BCUT2D eigenvalue weighted by atomic mass is 10.1. The van der Waals surface area contributed by atoms with E-state index in [2.05, 4.69) is 20.6 Å². The van der Waals surface area contributed by atoms with E-state index >= 15 is 0 Å². The van der Waals surface area contributed by atoms with Crippen molar-refractivity contribution in [2.75, 3.05) is 10.6 Å². The smallest absolute Gasteiger partial charge is 0.323 e. The van der Waals surface area contributed by atoms with Crippen LogP contribution in [0, 0.1) is 17.6 Å². The molecule has 0 unspecified atom stereocenters. The van der Waals surface area contributed by atoms with E-state index in [1.807, 2.05) is 20.8 Å². The zero-order valence-corrected chi connectivity index (χ0v) is 20.6. The van der Waals surface area contributed by atoms with E-state index in [-0.39, 0.29) is 17.0 Å². The minimum atomic E-state index is -0.592. The maximum atomic E-state index is 14.5. The van der Waals surface area contributed by atoms with Crippen LogP contribution in [0.3, 0.4) is 0 Å². The number of hydrogen-bond donors (Lipinski definition) is 4. The first-order chi connectivity index (χ1) is 16.6. The molecule has 7 nitrogen and oxygen atoms in total. The Bertz CT molecular complexity index is 1200. The largest absolute Gasteiger partial charge is 0.387 e. The monoisotopic (exact) mass is 482 g/mol. The van der Waals surface area contributed by atoms with Gasteiger partial charge in [-0.3, -0.25) is 0 Å². The highest BCUT2D eigenvalue weighted by Crippen LogP contribution is 2.26. The normalized spacial score (nSPS) is 13.3. The fourth-order valence-electron chi connectivity index (χ4n) is 2.95. The lowest BCUT2D eigenvalue weighted by molar-refractivity contribution is 0.262. The van der Waals surface area contributed by atoms with Gasteiger partial charge in [0.2, 0.25) is 0 Å². The van der Waals surface area contributed by atoms with Crippen LogP contribution in [-0.4, -0.2) is 17.7 Å². The predicted molar refractivity (Wildman–Crippen MR) is 141 cm³/mol. The molecule has 2 rings (SSSR count). The maximum Gasteiger partial charge on any atom is 0.323 e. The number of carbonyl (C=O) groups is 1. The maximum absolute atomic E-state index is 14.5. The van der Waals surface area contributed by atoms with Crippen LogP contribution in [0.25, 0.3) is 11.4 Å². The number of nitrogens with zero attached hydrogens (tertiary/aromatic N) is 2. The second kappa shape index (κ2) is 12.5. The summed E-state index contributed by atoms with van der Waals surface area (Å²) in [5.74, 6) is -0.279. The highest BCUT2D eigenvalue weighted by Gasteiger charge is 2.13. The van der Waals surface area contributed by atoms with Crippen LogP contribution >= 0.6 is 0 Å². The van der Waals surface area contributed by atoms with Crippen LogP contribution in [-0.2, 0) is 0 Å². The molecule has 186 valence electrons. The molecule has 35 heavy (non-hydrogen) atoms. The number of allylic oxidation sites excluding steroid dienone is 2. The summed E-state index contributed by atoms with van der Waals surface area (Å²) in [6.07, 6.45) is 3.80. The SMILES string of the molecule is C/C=C(\N=C(N)CC)c1cc(NC(=O)Nc2ccc(F)c(/C(=C/C)N=C(N)C(C)C)c2)ccc1F. The van der Waals surface area contributed by atoms with E-state index < -0.39 is 17.7 Å². The summed E-state index contributed by atoms with van der Waals surface area (Å²) in [7, 11) is 0. The van der Waals surface area contributed by atoms with Crippen molar-refractivity contribution in [2.45, 2.75) is 41.0 Å². The number of anilines is 2. The molecule has 2 amide bonds. The van der Waals surface area contributed by atoms with Crippen molar-refractivity contribution in [3.05, 3.63) is 71.3 Å². The van der Waals surface area contributed by atoms with Crippen LogP contribution in [0.1, 0.15) is 52.2 Å². The van der Waals surface area contributed by atoms with Gasteiger partial charge in [0, 0.05) is 34.8 Å². The van der Waals surface area contributed by atoms with Gasteiger partial charge in [0.25, 0.3) is 0 Å². The average Bonchev–Trinajstić information content (AvgIpc) is 2.83. The van der Waals surface area contributed by atoms with E-state index in [0.29, 0.717) is 40.9 Å². The number of amides is 2. The van der Waals surface area contributed by atoms with E-state index in [9.17, 15) is 13.6 Å². The van der Waals surface area contributed by atoms with E-state index in [4.69, 9.17) is 11.5 Å². The molecule has 9 heteroatoms. The molecule has 6 N–H and O–H groups in total. The summed E-state index contributed by atoms with van der Waals surface area (Å²) in [5.41, 5.74) is 13.5. The summed E-state index contributed by atoms with van der Waals surface area (Å²) >= 11 is 0. The van der Waals surface area contributed by atoms with Gasteiger partial charge in [0.05, 0.1) is 17.2 Å². The quantitative estimate of drug-likeness (QED) is 0.268. The highest BCUT2D eigenvalue weighted by atomic mass is 19.1. The van der Waals surface area contributed by atoms with E-state index in [1.165, 1.54) is 36.4 Å². The van der Waals surface area contributed by atoms with Gasteiger partial charge in [0.1, 0.15) is 17.5 Å². The Hall–Kier alpha value is -4.01. The van der Waals surface area contributed by atoms with Gasteiger partial charge in [-0.2, -0.15) is 0 Å². The Labute approximate surface area is 204 Å². The Morgan fingerprint density at radius 2 is 1.37 bits per heavy atom. The highest BCUT2D eigenvalue weighted by molar-refractivity contribution is 6.00. The van der Waals surface area contributed by atoms with E-state index in [1.54, 1.807) is 26.0 Å². The summed E-state index contributed by atoms with van der Waals surface area (Å²) in [4.78, 5) is 21.2. The molecule has 0 atom stereocenters. The molecule has 2 aromatic rings. The Morgan fingerprint density at radius 1 is 0.914 bits per heavy atom. The van der Waals surface area contributed by atoms with Crippen LogP contribution in [0.15, 0.2) is 58.5 Å². The topological polar surface area (TPSA) is 118 Å². The minimum Gasteiger partial charge on any atom is -0.387 e. The number of carbonyl (C=O) groups excluding carboxylic acids is 1. The molecule has 0 saturated heterocycles. The summed E-state index contributed by atoms with van der Waals surface area (Å²) in [6.45, 7) is 9.06. The van der Waals surface area contributed by atoms with Crippen molar-refractivity contribution >= 4 is 40.5 Å². The Kier molecular flexibility index (Phi) is 9.69. The second-order valence-electron chi connectivity index (χ2n) is 7.96. The summed E-state index contributed by atoms with van der Waals surface area (Å²) in [6, 6.07) is 7.67. The van der Waals surface area contributed by atoms with Crippen molar-refractivity contribution in [1.29, 1.82) is 0 Å². The zero-order chi connectivity index (χ0) is 26.1. The van der Waals surface area contributed by atoms with Gasteiger partial charge >= 0.3 is 6.03 Å². The standard InChI is InChI=1S/C26H32F2N6O/c1-6-22(33-24(29)8-3)18-13-16(9-11-20(18)27)31-26(35)32-17-10-12-21(28)19(14-17)23(7-2)34-25(30)15(4)5/h6-7,9-15H,8H2,1-5H3,(H2,29,33)(H2,30,34)(H2,31,32,35)/b22-6-,23-7-. The van der Waals surface area contributed by atoms with Gasteiger partial charge in [-0.1, -0.05) is 32.9 Å². The molecular weight excluding hydrogens is 450 g/mol. The Balaban J connectivity index is 2.26. The molecule has 0 bridgehead atoms. The number of nitrogens with two attached hydrogens (primary N) is 2. The molecule has 0 aromatic heterocycles. The lowest BCUT2D eigenvalue weighted by Crippen LogP contribution is -2.20. The molecule has 0 heterocycles. The van der Waals surface area contributed by atoms with Crippen LogP contribution in [0.2, 0.25) is 0 Å². The van der Waals surface area contributed by atoms with Crippen molar-refractivity contribution in [1.82, 2.24) is 0 Å². The third-order valence-corrected chi connectivity index (χ3v) is 5.01. The van der Waals surface area contributed by atoms with Crippen LogP contribution in [0.5, 0.6) is 0 Å². The molecule has 2 aromatic carbocycles. The van der Waals surface area contributed by atoms with Gasteiger partial charge in [-0.25, -0.2) is 23.6 Å². The molecule has 0 aliphatic rings. The number of aliphatic imine (C=N–C) groups is 2. The first-order valence-electron chi connectivity index (χ1n) is 11.3. The predicted octanol–water partition coefficient (Wildman–Crippen LogP) is 6.11. The summed E-state index contributed by atoms with van der Waals surface area (Å²) in [5, 5.41) is 5.30. The molecule has 0 radical (unpaired) electrons. The third-order valence-electron chi connectivity index (χ3n) is 5.01. The van der Waals surface area contributed by atoms with Crippen molar-refractivity contribution in [3.8, 4) is 0 Å². The number of amidine groups is 2. The molecule has 0 aliphatic heterocycles. The van der Waals surface area contributed by atoms with Crippen LogP contribution < -0.4 is 22.1 Å².